The van der Waals surface area contributed by atoms with Crippen LogP contribution in [0.4, 0.5) is 5.69 Å². The fraction of sp³-hybridized carbons (Fsp3) is 0.0625. The molecule has 0 fully saturated rings. The summed E-state index contributed by atoms with van der Waals surface area (Å²) in [5, 5.41) is 0.435. The largest absolute Gasteiger partial charge is 0.294 e. The second-order valence-corrected chi connectivity index (χ2v) is 4.57. The lowest BCUT2D eigenvalue weighted by Gasteiger charge is -2.06. The number of aliphatic imine (C=N–C) groups is 1. The molecule has 0 saturated heterocycles. The van der Waals surface area contributed by atoms with E-state index >= 15 is 0 Å². The molecule has 0 unspecified atom stereocenters. The predicted octanol–water partition coefficient (Wildman–Crippen LogP) is 2.41. The van der Waals surface area contributed by atoms with Crippen molar-refractivity contribution in [1.29, 1.82) is 0 Å². The number of rotatable bonds is 3. The lowest BCUT2D eigenvalue weighted by Crippen LogP contribution is -2.21. The Morgan fingerprint density at radius 3 is 2.71 bits per heavy atom. The number of aromatic nitrogens is 2. The summed E-state index contributed by atoms with van der Waals surface area (Å²) in [5.41, 5.74) is 1.83. The van der Waals surface area contributed by atoms with Crippen LogP contribution in [0, 0.1) is 0 Å². The molecular formula is C16H11N3O2. The first kappa shape index (κ1) is 13.0. The highest BCUT2D eigenvalue weighted by Gasteiger charge is 2.05. The van der Waals surface area contributed by atoms with Gasteiger partial charge in [0.15, 0.2) is 0 Å². The van der Waals surface area contributed by atoms with Gasteiger partial charge in [0, 0.05) is 0 Å². The maximum atomic E-state index is 12.5. The molecule has 0 atom stereocenters. The second kappa shape index (κ2) is 5.53. The zero-order valence-corrected chi connectivity index (χ0v) is 11.1. The number of hydrogen-bond donors (Lipinski definition) is 0. The molecule has 1 aromatic heterocycles. The van der Waals surface area contributed by atoms with Gasteiger partial charge >= 0.3 is 0 Å². The van der Waals surface area contributed by atoms with E-state index in [-0.39, 0.29) is 5.56 Å². The van der Waals surface area contributed by atoms with Gasteiger partial charge in [-0.25, -0.2) is 9.78 Å². The molecule has 21 heavy (non-hydrogen) atoms. The summed E-state index contributed by atoms with van der Waals surface area (Å²) in [6.07, 6.45) is 3.00. The van der Waals surface area contributed by atoms with Gasteiger partial charge < -0.3 is 0 Å². The van der Waals surface area contributed by atoms with E-state index in [1.165, 1.54) is 17.0 Å². The van der Waals surface area contributed by atoms with Crippen LogP contribution in [0.1, 0.15) is 5.56 Å². The van der Waals surface area contributed by atoms with Crippen LogP contribution in [-0.2, 0) is 11.3 Å². The molecule has 0 amide bonds. The summed E-state index contributed by atoms with van der Waals surface area (Å²) in [6, 6.07) is 14.5. The summed E-state index contributed by atoms with van der Waals surface area (Å²) in [4.78, 5) is 30.6. The SMILES string of the molecule is O=C=Nc1ccc2ncn(Cc3ccccc3)c(=O)c2c1. The number of isocyanates is 1. The Balaban J connectivity index is 2.10. The van der Waals surface area contributed by atoms with Gasteiger partial charge in [-0.1, -0.05) is 30.3 Å². The van der Waals surface area contributed by atoms with Gasteiger partial charge in [-0.05, 0) is 23.8 Å². The standard InChI is InChI=1S/C16H11N3O2/c20-11-18-13-6-7-15-14(8-13)16(21)19(10-17-15)9-12-4-2-1-3-5-12/h1-8,10H,9H2. The Bertz CT molecular complexity index is 894. The number of fused-ring (bicyclic) bond motifs is 1. The average molecular weight is 277 g/mol. The first-order valence-corrected chi connectivity index (χ1v) is 6.39. The Labute approximate surface area is 120 Å². The van der Waals surface area contributed by atoms with Crippen molar-refractivity contribution in [2.75, 3.05) is 0 Å². The van der Waals surface area contributed by atoms with Crippen molar-refractivity contribution < 1.29 is 4.79 Å². The van der Waals surface area contributed by atoms with E-state index in [0.717, 1.165) is 5.56 Å². The summed E-state index contributed by atoms with van der Waals surface area (Å²) in [7, 11) is 0. The Kier molecular flexibility index (Phi) is 3.41. The lowest BCUT2D eigenvalue weighted by atomic mass is 10.2. The van der Waals surface area contributed by atoms with Crippen molar-refractivity contribution >= 4 is 22.7 Å². The van der Waals surface area contributed by atoms with Crippen molar-refractivity contribution in [2.24, 2.45) is 4.99 Å². The third kappa shape index (κ3) is 2.63. The van der Waals surface area contributed by atoms with Crippen LogP contribution in [0.2, 0.25) is 0 Å². The highest BCUT2D eigenvalue weighted by molar-refractivity contribution is 5.81. The van der Waals surface area contributed by atoms with Crippen LogP contribution in [-0.4, -0.2) is 15.6 Å². The van der Waals surface area contributed by atoms with Crippen LogP contribution < -0.4 is 5.56 Å². The Hall–Kier alpha value is -3.04. The first-order chi connectivity index (χ1) is 10.3. The molecule has 0 radical (unpaired) electrons. The van der Waals surface area contributed by atoms with Gasteiger partial charge in [0.2, 0.25) is 6.08 Å². The maximum absolute atomic E-state index is 12.5. The van der Waals surface area contributed by atoms with Crippen molar-refractivity contribution in [3.63, 3.8) is 0 Å². The van der Waals surface area contributed by atoms with Crippen LogP contribution in [0.25, 0.3) is 10.9 Å². The smallest absolute Gasteiger partial charge is 0.261 e. The monoisotopic (exact) mass is 277 g/mol. The van der Waals surface area contributed by atoms with E-state index in [1.807, 2.05) is 30.3 Å². The van der Waals surface area contributed by atoms with Crippen LogP contribution in [0.5, 0.6) is 0 Å². The zero-order valence-electron chi connectivity index (χ0n) is 11.1. The van der Waals surface area contributed by atoms with Gasteiger partial charge in [0.05, 0.1) is 29.5 Å². The van der Waals surface area contributed by atoms with Crippen molar-refractivity contribution in [3.8, 4) is 0 Å². The van der Waals surface area contributed by atoms with E-state index in [9.17, 15) is 9.59 Å². The maximum Gasteiger partial charge on any atom is 0.261 e. The van der Waals surface area contributed by atoms with Gasteiger partial charge in [-0.3, -0.25) is 9.36 Å². The quantitative estimate of drug-likeness (QED) is 0.545. The number of nitrogens with zero attached hydrogens (tertiary/aromatic N) is 3. The van der Waals surface area contributed by atoms with Gasteiger partial charge in [-0.15, -0.1) is 0 Å². The molecule has 0 saturated carbocycles. The van der Waals surface area contributed by atoms with E-state index in [4.69, 9.17) is 0 Å². The lowest BCUT2D eigenvalue weighted by molar-refractivity contribution is 0.565. The molecule has 0 bridgehead atoms. The van der Waals surface area contributed by atoms with Crippen LogP contribution in [0.15, 0.2) is 64.6 Å². The fourth-order valence-electron chi connectivity index (χ4n) is 2.16. The zero-order chi connectivity index (χ0) is 14.7. The molecule has 0 N–H and O–H groups in total. The topological polar surface area (TPSA) is 64.3 Å². The summed E-state index contributed by atoms with van der Waals surface area (Å²) in [6.45, 7) is 0.448. The van der Waals surface area contributed by atoms with Crippen LogP contribution in [0.3, 0.4) is 0 Å². The molecule has 3 rings (SSSR count). The molecule has 5 heteroatoms. The van der Waals surface area contributed by atoms with E-state index < -0.39 is 0 Å². The normalized spacial score (nSPS) is 10.3. The number of benzene rings is 2. The van der Waals surface area contributed by atoms with Gasteiger partial charge in [0.25, 0.3) is 5.56 Å². The second-order valence-electron chi connectivity index (χ2n) is 4.57. The third-order valence-corrected chi connectivity index (χ3v) is 3.18. The van der Waals surface area contributed by atoms with Crippen LogP contribution >= 0.6 is 0 Å². The molecule has 0 spiro atoms. The van der Waals surface area contributed by atoms with E-state index in [0.29, 0.717) is 23.1 Å². The first-order valence-electron chi connectivity index (χ1n) is 6.39. The van der Waals surface area contributed by atoms with Crippen molar-refractivity contribution in [1.82, 2.24) is 9.55 Å². The molecule has 102 valence electrons. The molecule has 2 aromatic carbocycles. The minimum absolute atomic E-state index is 0.160. The van der Waals surface area contributed by atoms with Gasteiger partial charge in [0.1, 0.15) is 0 Å². The molecule has 0 aliphatic heterocycles. The van der Waals surface area contributed by atoms with E-state index in [1.54, 1.807) is 18.2 Å². The fourth-order valence-corrected chi connectivity index (χ4v) is 2.16. The minimum atomic E-state index is -0.160. The summed E-state index contributed by atoms with van der Waals surface area (Å²) in [5.74, 6) is 0. The number of hydrogen-bond acceptors (Lipinski definition) is 4. The average Bonchev–Trinajstić information content (AvgIpc) is 2.52. The molecule has 0 aliphatic carbocycles. The Morgan fingerprint density at radius 1 is 1.14 bits per heavy atom. The number of carbonyl (C=O) groups excluding carboxylic acids is 1. The summed E-state index contributed by atoms with van der Waals surface area (Å²) >= 11 is 0. The molecule has 3 aromatic rings. The minimum Gasteiger partial charge on any atom is -0.294 e. The highest BCUT2D eigenvalue weighted by Crippen LogP contribution is 2.16. The van der Waals surface area contributed by atoms with Gasteiger partial charge in [-0.2, -0.15) is 4.99 Å². The van der Waals surface area contributed by atoms with Crippen molar-refractivity contribution in [2.45, 2.75) is 6.54 Å². The predicted molar refractivity (Wildman–Crippen MR) is 79.3 cm³/mol. The highest BCUT2D eigenvalue weighted by atomic mass is 16.1. The van der Waals surface area contributed by atoms with Crippen molar-refractivity contribution in [3.05, 3.63) is 70.8 Å². The van der Waals surface area contributed by atoms with E-state index in [2.05, 4.69) is 9.98 Å². The Morgan fingerprint density at radius 2 is 1.95 bits per heavy atom. The third-order valence-electron chi connectivity index (χ3n) is 3.18. The molecule has 0 aliphatic rings. The molecule has 5 nitrogen and oxygen atoms in total. The molecule has 1 heterocycles. The molecular weight excluding hydrogens is 266 g/mol. The summed E-state index contributed by atoms with van der Waals surface area (Å²) < 4.78 is 1.53.